The molecule has 0 aliphatic carbocycles. The lowest BCUT2D eigenvalue weighted by Crippen LogP contribution is -2.33. The number of benzene rings is 1. The fourth-order valence-corrected chi connectivity index (χ4v) is 3.83. The molecule has 0 amide bonds. The summed E-state index contributed by atoms with van der Waals surface area (Å²) in [4.78, 5) is 0.145. The summed E-state index contributed by atoms with van der Waals surface area (Å²) in [6, 6.07) is 0. The number of nitrogens with one attached hydrogen (secondary N) is 1. The number of sulfonamides is 1. The Balaban J connectivity index is 2.78. The van der Waals surface area contributed by atoms with Crippen LogP contribution in [-0.4, -0.2) is 14.0 Å². The van der Waals surface area contributed by atoms with Crippen LogP contribution in [0.15, 0.2) is 4.90 Å². The van der Waals surface area contributed by atoms with E-state index in [0.717, 1.165) is 29.7 Å². The van der Waals surface area contributed by atoms with Gasteiger partial charge in [-0.05, 0) is 69.7 Å². The topological polar surface area (TPSA) is 67.2 Å². The van der Waals surface area contributed by atoms with Crippen molar-refractivity contribution in [3.8, 4) is 5.75 Å². The second-order valence-corrected chi connectivity index (χ2v) is 7.29. The van der Waals surface area contributed by atoms with Gasteiger partial charge in [0.25, 0.3) is 10.0 Å². The summed E-state index contributed by atoms with van der Waals surface area (Å²) in [5.74, 6) is 0.804. The van der Waals surface area contributed by atoms with E-state index < -0.39 is 10.0 Å². The van der Waals surface area contributed by atoms with Crippen LogP contribution in [-0.2, 0) is 16.4 Å². The van der Waals surface area contributed by atoms with Crippen molar-refractivity contribution in [2.45, 2.75) is 58.0 Å². The zero-order valence-corrected chi connectivity index (χ0v) is 12.9. The van der Waals surface area contributed by atoms with Gasteiger partial charge in [0.1, 0.15) is 11.4 Å². The first-order chi connectivity index (χ1) is 8.54. The molecule has 1 aliphatic heterocycles. The highest BCUT2D eigenvalue weighted by molar-refractivity contribution is 7.89. The van der Waals surface area contributed by atoms with Crippen LogP contribution < -0.4 is 9.88 Å². The highest BCUT2D eigenvalue weighted by Crippen LogP contribution is 2.41. The van der Waals surface area contributed by atoms with Gasteiger partial charge in [0.2, 0.25) is 0 Å². The zero-order chi connectivity index (χ0) is 14.6. The van der Waals surface area contributed by atoms with Crippen LogP contribution in [0.4, 0.5) is 0 Å². The second kappa shape index (κ2) is 4.21. The van der Waals surface area contributed by atoms with Gasteiger partial charge >= 0.3 is 0 Å². The average Bonchev–Trinajstić information content (AvgIpc) is 2.23. The van der Waals surface area contributed by atoms with Gasteiger partial charge in [0.05, 0.1) is 4.90 Å². The van der Waals surface area contributed by atoms with Gasteiger partial charge in [0, 0.05) is 0 Å². The van der Waals surface area contributed by atoms with E-state index in [9.17, 15) is 8.42 Å². The Morgan fingerprint density at radius 3 is 2.21 bits per heavy atom. The van der Waals surface area contributed by atoms with Crippen molar-refractivity contribution in [3.05, 3.63) is 22.3 Å². The molecule has 1 aromatic rings. The molecule has 0 unspecified atom stereocenters. The summed E-state index contributed by atoms with van der Waals surface area (Å²) in [7, 11) is -3.95. The number of ether oxygens (including phenoxy) is 1. The Morgan fingerprint density at radius 2 is 1.68 bits per heavy atom. The first-order valence-electron chi connectivity index (χ1n) is 6.36. The van der Waals surface area contributed by atoms with Gasteiger partial charge in [0.15, 0.2) is 0 Å². The van der Waals surface area contributed by atoms with E-state index in [4.69, 9.17) is 9.88 Å². The highest BCUT2D eigenvalue weighted by atomic mass is 32.2. The Morgan fingerprint density at radius 1 is 1.11 bits per heavy atom. The predicted molar refractivity (Wildman–Crippen MR) is 74.0 cm³/mol. The van der Waals surface area contributed by atoms with Gasteiger partial charge in [-0.15, -0.1) is 5.14 Å². The molecule has 1 aromatic carbocycles. The molecule has 0 spiro atoms. The second-order valence-electron chi connectivity index (χ2n) is 5.88. The van der Waals surface area contributed by atoms with Gasteiger partial charge < -0.3 is 4.74 Å². The lowest BCUT2D eigenvalue weighted by Gasteiger charge is -2.35. The van der Waals surface area contributed by atoms with E-state index in [-0.39, 0.29) is 10.5 Å². The minimum Gasteiger partial charge on any atom is -0.487 e. The number of fused-ring (bicyclic) bond motifs is 1. The summed E-state index contributed by atoms with van der Waals surface area (Å²) < 4.78 is 29.4. The molecule has 0 saturated heterocycles. The molecule has 0 aromatic heterocycles. The Hall–Kier alpha value is -1.07. The fourth-order valence-electron chi connectivity index (χ4n) is 2.75. The van der Waals surface area contributed by atoms with Crippen LogP contribution in [0.25, 0.3) is 0 Å². The molecule has 5 heteroatoms. The normalized spacial score (nSPS) is 17.8. The van der Waals surface area contributed by atoms with Gasteiger partial charge in [-0.2, -0.15) is 0 Å². The molecule has 0 atom stereocenters. The van der Waals surface area contributed by atoms with Gasteiger partial charge in [-0.3, -0.25) is 0 Å². The third kappa shape index (κ3) is 2.37. The number of hydrogen-bond acceptors (Lipinski definition) is 3. The smallest absolute Gasteiger partial charge is 0.254 e. The first kappa shape index (κ1) is 14.3. The quantitative estimate of drug-likeness (QED) is 0.795. The molecule has 0 fully saturated rings. The summed E-state index contributed by atoms with van der Waals surface area (Å²) in [6.07, 6.45) is 1.64. The number of hydrogen-bond donors (Lipinski definition) is 0. The van der Waals surface area contributed by atoms with Crippen molar-refractivity contribution >= 4 is 10.0 Å². The molecule has 1 heterocycles. The van der Waals surface area contributed by atoms with E-state index >= 15 is 0 Å². The molecule has 105 valence electrons. The maximum Gasteiger partial charge on any atom is 0.254 e. The number of rotatable bonds is 1. The zero-order valence-electron chi connectivity index (χ0n) is 12.0. The molecule has 1 N–H and O–H groups in total. The monoisotopic (exact) mass is 282 g/mol. The minimum atomic E-state index is -3.95. The third-order valence-electron chi connectivity index (χ3n) is 3.94. The molecule has 4 nitrogen and oxygen atoms in total. The summed E-state index contributed by atoms with van der Waals surface area (Å²) in [5.41, 5.74) is 2.85. The average molecular weight is 282 g/mol. The lowest BCUT2D eigenvalue weighted by molar-refractivity contribution is 0.0832. The Bertz CT molecular complexity index is 645. The molecule has 0 saturated carbocycles. The van der Waals surface area contributed by atoms with Gasteiger partial charge in [-0.1, -0.05) is 0 Å². The standard InChI is InChI=1S/C14H20NO3S/c1-8-9(2)13(19(15,16)17)10(3)11-6-7-14(4,5)18-12(8)11/h15H,6-7H2,1-5H3. The van der Waals surface area contributed by atoms with E-state index in [2.05, 4.69) is 0 Å². The van der Waals surface area contributed by atoms with Crippen molar-refractivity contribution in [3.63, 3.8) is 0 Å². The fraction of sp³-hybridized carbons (Fsp3) is 0.571. The van der Waals surface area contributed by atoms with E-state index in [1.54, 1.807) is 13.8 Å². The van der Waals surface area contributed by atoms with E-state index in [1.165, 1.54) is 0 Å². The highest BCUT2D eigenvalue weighted by Gasteiger charge is 2.32. The Kier molecular flexibility index (Phi) is 3.18. The minimum absolute atomic E-state index is 0.145. The maximum absolute atomic E-state index is 11.7. The lowest BCUT2D eigenvalue weighted by atomic mass is 9.88. The Labute approximate surface area is 115 Å². The first-order valence-corrected chi connectivity index (χ1v) is 7.84. The molecule has 2 rings (SSSR count). The van der Waals surface area contributed by atoms with Gasteiger partial charge in [-0.25, -0.2) is 8.42 Å². The van der Waals surface area contributed by atoms with E-state index in [1.807, 2.05) is 20.8 Å². The molecule has 19 heavy (non-hydrogen) atoms. The summed E-state index contributed by atoms with van der Waals surface area (Å²) in [5, 5.41) is 7.38. The molecular weight excluding hydrogens is 262 g/mol. The van der Waals surface area contributed by atoms with Crippen LogP contribution >= 0.6 is 0 Å². The maximum atomic E-state index is 11.7. The molecule has 0 bridgehead atoms. The molecular formula is C14H20NO3S. The van der Waals surface area contributed by atoms with Crippen LogP contribution in [0.5, 0.6) is 5.75 Å². The third-order valence-corrected chi connectivity index (χ3v) is 5.09. The van der Waals surface area contributed by atoms with Crippen LogP contribution in [0.2, 0.25) is 0 Å². The van der Waals surface area contributed by atoms with Crippen molar-refractivity contribution in [2.75, 3.05) is 0 Å². The van der Waals surface area contributed by atoms with Crippen molar-refractivity contribution < 1.29 is 13.2 Å². The van der Waals surface area contributed by atoms with Crippen LogP contribution in [0, 0.1) is 20.8 Å². The van der Waals surface area contributed by atoms with Crippen molar-refractivity contribution in [2.24, 2.45) is 0 Å². The van der Waals surface area contributed by atoms with Crippen molar-refractivity contribution in [1.82, 2.24) is 5.14 Å². The molecule has 1 aliphatic rings. The van der Waals surface area contributed by atoms with Crippen LogP contribution in [0.3, 0.4) is 0 Å². The predicted octanol–water partition coefficient (Wildman–Crippen LogP) is 2.69. The van der Waals surface area contributed by atoms with Crippen molar-refractivity contribution in [1.29, 1.82) is 0 Å². The largest absolute Gasteiger partial charge is 0.487 e. The SMILES string of the molecule is Cc1c(C)c(S([NH])(=O)=O)c(C)c2c1OC(C)(C)CC2. The van der Waals surface area contributed by atoms with E-state index in [0.29, 0.717) is 11.1 Å². The summed E-state index contributed by atoms with van der Waals surface area (Å²) in [6.45, 7) is 9.46. The van der Waals surface area contributed by atoms with Crippen LogP contribution in [0.1, 0.15) is 42.5 Å². The molecule has 1 radical (unpaired) electrons. The summed E-state index contributed by atoms with van der Waals surface area (Å²) >= 11 is 0.